The van der Waals surface area contributed by atoms with Gasteiger partial charge in [-0.1, -0.05) is 153 Å². The van der Waals surface area contributed by atoms with E-state index in [0.717, 1.165) is 77.7 Å². The van der Waals surface area contributed by atoms with Crippen LogP contribution in [0.25, 0.3) is 72.4 Å². The zero-order valence-electron chi connectivity index (χ0n) is 34.1. The molecule has 56 heavy (non-hydrogen) atoms. The Morgan fingerprint density at radius 2 is 1.20 bits per heavy atom. The predicted octanol–water partition coefficient (Wildman–Crippen LogP) is 13.8. The third-order valence-corrected chi connectivity index (χ3v) is 11.0. The van der Waals surface area contributed by atoms with Gasteiger partial charge in [0.25, 0.3) is 0 Å². The van der Waals surface area contributed by atoms with Gasteiger partial charge < -0.3 is 5.11 Å². The largest absolute Gasteiger partial charge is 0.507 e. The van der Waals surface area contributed by atoms with Crippen LogP contribution in [0.3, 0.4) is 0 Å². The lowest BCUT2D eigenvalue weighted by Crippen LogP contribution is -2.17. The maximum absolute atomic E-state index is 12.3. The number of rotatable bonds is 5. The monoisotopic (exact) mass is 733 g/mol. The van der Waals surface area contributed by atoms with Crippen LogP contribution >= 0.6 is 0 Å². The first-order chi connectivity index (χ1) is 26.6. The number of nitrogens with zero attached hydrogens (tertiary/aromatic N) is 3. The maximum Gasteiger partial charge on any atom is 0.149 e. The van der Waals surface area contributed by atoms with E-state index in [9.17, 15) is 5.11 Å². The molecule has 2 heterocycles. The van der Waals surface area contributed by atoms with Gasteiger partial charge in [-0.3, -0.25) is 9.55 Å². The molecule has 0 unspecified atom stereocenters. The van der Waals surface area contributed by atoms with Crippen molar-refractivity contribution in [2.75, 3.05) is 0 Å². The Labute approximate surface area is 331 Å². The number of hydrogen-bond acceptors (Lipinski definition) is 3. The molecule has 0 radical (unpaired) electrons. The lowest BCUT2D eigenvalue weighted by atomic mass is 9.79. The van der Waals surface area contributed by atoms with Gasteiger partial charge in [-0.15, -0.1) is 0 Å². The molecule has 0 amide bonds. The molecule has 6 aromatic carbocycles. The van der Waals surface area contributed by atoms with Gasteiger partial charge in [0, 0.05) is 28.5 Å². The van der Waals surface area contributed by atoms with Gasteiger partial charge in [0.1, 0.15) is 11.6 Å². The number of phenols is 1. The molecule has 0 aliphatic rings. The Bertz CT molecular complexity index is 2750. The summed E-state index contributed by atoms with van der Waals surface area (Å²) in [6.07, 6.45) is 1.93. The first-order valence-corrected chi connectivity index (χ1v) is 19.6. The van der Waals surface area contributed by atoms with Crippen LogP contribution in [0.1, 0.15) is 79.0 Å². The first-order valence-electron chi connectivity index (χ1n) is 19.6. The zero-order valence-corrected chi connectivity index (χ0v) is 34.1. The van der Waals surface area contributed by atoms with Gasteiger partial charge in [-0.2, -0.15) is 0 Å². The normalized spacial score (nSPS) is 12.4. The fourth-order valence-electron chi connectivity index (χ4n) is 7.82. The average Bonchev–Trinajstić information content (AvgIpc) is 3.56. The summed E-state index contributed by atoms with van der Waals surface area (Å²) in [7, 11) is 0. The van der Waals surface area contributed by atoms with Crippen molar-refractivity contribution in [3.63, 3.8) is 0 Å². The fourth-order valence-corrected chi connectivity index (χ4v) is 7.82. The van der Waals surface area contributed by atoms with Crippen molar-refractivity contribution in [2.24, 2.45) is 0 Å². The summed E-state index contributed by atoms with van der Waals surface area (Å²) in [6, 6.07) is 47.3. The molecule has 8 rings (SSSR count). The van der Waals surface area contributed by atoms with Gasteiger partial charge >= 0.3 is 0 Å². The molecule has 0 saturated heterocycles. The van der Waals surface area contributed by atoms with Gasteiger partial charge in [-0.25, -0.2) is 4.98 Å². The van der Waals surface area contributed by atoms with Crippen molar-refractivity contribution < 1.29 is 5.11 Å². The average molecular weight is 734 g/mol. The summed E-state index contributed by atoms with van der Waals surface area (Å²) in [4.78, 5) is 10.5. The van der Waals surface area contributed by atoms with E-state index in [1.807, 2.05) is 12.3 Å². The molecule has 2 aromatic heterocycles. The van der Waals surface area contributed by atoms with Crippen molar-refractivity contribution in [2.45, 2.75) is 78.6 Å². The van der Waals surface area contributed by atoms with E-state index in [-0.39, 0.29) is 22.0 Å². The van der Waals surface area contributed by atoms with Crippen molar-refractivity contribution in [3.8, 4) is 56.3 Å². The molecule has 0 spiro atoms. The maximum atomic E-state index is 12.3. The van der Waals surface area contributed by atoms with Crippen LogP contribution in [0.2, 0.25) is 0 Å². The summed E-state index contributed by atoms with van der Waals surface area (Å²) < 4.78 is 2.26. The smallest absolute Gasteiger partial charge is 0.149 e. The third kappa shape index (κ3) is 6.68. The summed E-state index contributed by atoms with van der Waals surface area (Å²) in [6.45, 7) is 19.9. The Morgan fingerprint density at radius 1 is 0.518 bits per heavy atom. The lowest BCUT2D eigenvalue weighted by Gasteiger charge is -2.27. The Hall–Kier alpha value is -6.00. The molecule has 4 heteroatoms. The number of para-hydroxylation sites is 2. The zero-order chi connectivity index (χ0) is 39.6. The second-order valence-corrected chi connectivity index (χ2v) is 18.2. The number of aromatic nitrogens is 3. The topological polar surface area (TPSA) is 50.9 Å². The van der Waals surface area contributed by atoms with E-state index in [2.05, 4.69) is 194 Å². The van der Waals surface area contributed by atoms with Gasteiger partial charge in [-0.05, 0) is 91.7 Å². The number of pyridine rings is 1. The van der Waals surface area contributed by atoms with Crippen molar-refractivity contribution in [1.82, 2.24) is 14.5 Å². The number of phenolic OH excluding ortho intramolecular Hbond substituents is 1. The van der Waals surface area contributed by atoms with E-state index in [1.165, 1.54) is 5.56 Å². The molecule has 0 aliphatic carbocycles. The Morgan fingerprint density at radius 3 is 1.93 bits per heavy atom. The standard InChI is InChI=1S/C52H51N3O/c1-50(2,3)36-26-27-53-44(32-36)41-29-35(28-34-20-13-14-21-38(34)41)40-23-17-25-46-47(40)54-49(42-30-37(51(4,5)6)31-43(48(42)56)52(7,8)9)55(46)45-24-16-15-22-39(45)33-18-11-10-12-19-33/h10-32,56H,1-9H3. The van der Waals surface area contributed by atoms with Crippen molar-refractivity contribution in [1.29, 1.82) is 0 Å². The van der Waals surface area contributed by atoms with Crippen molar-refractivity contribution >= 4 is 21.8 Å². The highest BCUT2D eigenvalue weighted by Gasteiger charge is 2.29. The van der Waals surface area contributed by atoms with Gasteiger partial charge in [0.2, 0.25) is 0 Å². The minimum absolute atomic E-state index is 0.0152. The summed E-state index contributed by atoms with van der Waals surface area (Å²) in [5.41, 5.74) is 12.6. The first kappa shape index (κ1) is 36.9. The fraction of sp³-hybridized carbons (Fsp3) is 0.231. The minimum atomic E-state index is -0.302. The molecule has 4 nitrogen and oxygen atoms in total. The number of fused-ring (bicyclic) bond motifs is 2. The minimum Gasteiger partial charge on any atom is -0.507 e. The molecular formula is C52H51N3O. The Balaban J connectivity index is 1.47. The molecule has 0 aliphatic heterocycles. The quantitative estimate of drug-likeness (QED) is 0.192. The molecule has 0 atom stereocenters. The predicted molar refractivity (Wildman–Crippen MR) is 236 cm³/mol. The molecule has 0 fully saturated rings. The highest BCUT2D eigenvalue weighted by Crippen LogP contribution is 2.46. The van der Waals surface area contributed by atoms with Crippen LogP contribution in [0.4, 0.5) is 0 Å². The van der Waals surface area contributed by atoms with Gasteiger partial charge in [0.05, 0.1) is 28.0 Å². The summed E-state index contributed by atoms with van der Waals surface area (Å²) in [5.74, 6) is 0.962. The molecule has 280 valence electrons. The highest BCUT2D eigenvalue weighted by molar-refractivity contribution is 6.03. The van der Waals surface area contributed by atoms with Crippen molar-refractivity contribution in [3.05, 3.63) is 156 Å². The van der Waals surface area contributed by atoms with E-state index in [0.29, 0.717) is 5.82 Å². The lowest BCUT2D eigenvalue weighted by molar-refractivity contribution is 0.446. The van der Waals surface area contributed by atoms with Crippen LogP contribution in [0.5, 0.6) is 5.75 Å². The molecular weight excluding hydrogens is 683 g/mol. The van der Waals surface area contributed by atoms with Crippen LogP contribution in [-0.2, 0) is 16.2 Å². The SMILES string of the molecule is CC(C)(C)c1ccnc(-c2cc(-c3cccc4c3nc(-c3cc(C(C)(C)C)cc(C(C)(C)C)c3O)n4-c3ccccc3-c3ccccc3)cc3ccccc23)c1. The number of aromatic hydroxyl groups is 1. The van der Waals surface area contributed by atoms with Crippen LogP contribution in [0.15, 0.2) is 140 Å². The number of benzene rings is 6. The Kier molecular flexibility index (Phi) is 9.00. The van der Waals surface area contributed by atoms with E-state index >= 15 is 0 Å². The highest BCUT2D eigenvalue weighted by atomic mass is 16.3. The van der Waals surface area contributed by atoms with E-state index < -0.39 is 0 Å². The second-order valence-electron chi connectivity index (χ2n) is 18.2. The number of hydrogen-bond donors (Lipinski definition) is 1. The molecule has 8 aromatic rings. The third-order valence-electron chi connectivity index (χ3n) is 11.0. The molecule has 0 saturated carbocycles. The van der Waals surface area contributed by atoms with Crippen LogP contribution in [0, 0.1) is 0 Å². The summed E-state index contributed by atoms with van der Waals surface area (Å²) >= 11 is 0. The van der Waals surface area contributed by atoms with Crippen LogP contribution < -0.4 is 0 Å². The summed E-state index contributed by atoms with van der Waals surface area (Å²) in [5, 5.41) is 14.6. The van der Waals surface area contributed by atoms with E-state index in [4.69, 9.17) is 9.97 Å². The molecule has 1 N–H and O–H groups in total. The number of imidazole rings is 1. The molecule has 0 bridgehead atoms. The van der Waals surface area contributed by atoms with Crippen LogP contribution in [-0.4, -0.2) is 19.6 Å². The second kappa shape index (κ2) is 13.6. The van der Waals surface area contributed by atoms with Gasteiger partial charge in [0.15, 0.2) is 0 Å². The van der Waals surface area contributed by atoms with E-state index in [1.54, 1.807) is 0 Å².